The molecule has 0 aromatic heterocycles. The van der Waals surface area contributed by atoms with Crippen molar-refractivity contribution in [2.45, 2.75) is 19.6 Å². The molecule has 2 aromatic rings. The number of rotatable bonds is 3. The monoisotopic (exact) mass is 253 g/mol. The molecule has 0 saturated heterocycles. The van der Waals surface area contributed by atoms with E-state index >= 15 is 0 Å². The lowest BCUT2D eigenvalue weighted by molar-refractivity contribution is 0.0437. The van der Waals surface area contributed by atoms with Crippen LogP contribution in [-0.4, -0.2) is 5.97 Å². The van der Waals surface area contributed by atoms with Crippen LogP contribution in [0.1, 0.15) is 34.6 Å². The van der Waals surface area contributed by atoms with Gasteiger partial charge in [-0.2, -0.15) is 0 Å². The predicted molar refractivity (Wildman–Crippen MR) is 74.0 cm³/mol. The number of ether oxygens (including phenoxy) is 1. The van der Waals surface area contributed by atoms with E-state index in [1.807, 2.05) is 36.4 Å². The Balaban J connectivity index is 1.91. The van der Waals surface area contributed by atoms with Crippen molar-refractivity contribution in [1.82, 2.24) is 0 Å². The number of hydrogen-bond acceptors (Lipinski definition) is 3. The Hall–Kier alpha value is -2.29. The molecule has 0 spiro atoms. The van der Waals surface area contributed by atoms with Crippen molar-refractivity contribution in [3.05, 3.63) is 65.2 Å². The van der Waals surface area contributed by atoms with Crippen LogP contribution in [0.2, 0.25) is 0 Å². The van der Waals surface area contributed by atoms with Gasteiger partial charge in [0.05, 0.1) is 5.56 Å². The average Bonchev–Trinajstić information content (AvgIpc) is 2.77. The summed E-state index contributed by atoms with van der Waals surface area (Å²) in [5.74, 6) is -0.262. The van der Waals surface area contributed by atoms with Gasteiger partial charge < -0.3 is 10.1 Å². The summed E-state index contributed by atoms with van der Waals surface area (Å²) in [5, 5.41) is 3.30. The van der Waals surface area contributed by atoms with Crippen molar-refractivity contribution >= 4 is 11.7 Å². The molecule has 0 unspecified atom stereocenters. The first-order valence-corrected chi connectivity index (χ1v) is 6.44. The Morgan fingerprint density at radius 2 is 1.84 bits per heavy atom. The van der Waals surface area contributed by atoms with Crippen molar-refractivity contribution in [3.63, 3.8) is 0 Å². The van der Waals surface area contributed by atoms with E-state index in [1.165, 1.54) is 5.56 Å². The molecule has 1 N–H and O–H groups in total. The van der Waals surface area contributed by atoms with Gasteiger partial charge >= 0.3 is 5.97 Å². The van der Waals surface area contributed by atoms with Crippen LogP contribution in [-0.2, 0) is 11.2 Å². The van der Waals surface area contributed by atoms with E-state index in [2.05, 4.69) is 18.3 Å². The van der Waals surface area contributed by atoms with Crippen molar-refractivity contribution in [2.24, 2.45) is 0 Å². The summed E-state index contributed by atoms with van der Waals surface area (Å²) in [6.45, 7) is 2.11. The summed E-state index contributed by atoms with van der Waals surface area (Å²) < 4.78 is 5.39. The van der Waals surface area contributed by atoms with E-state index in [1.54, 1.807) is 6.07 Å². The lowest BCUT2D eigenvalue weighted by Gasteiger charge is -2.16. The highest BCUT2D eigenvalue weighted by Gasteiger charge is 2.30. The first kappa shape index (κ1) is 11.8. The molecule has 1 aliphatic heterocycles. The number of para-hydroxylation sites is 1. The molecule has 0 fully saturated rings. The Bertz CT molecular complexity index is 622. The summed E-state index contributed by atoms with van der Waals surface area (Å²) in [5.41, 5.74) is 3.77. The maximum absolute atomic E-state index is 11.8. The molecule has 0 saturated carbocycles. The van der Waals surface area contributed by atoms with Gasteiger partial charge in [0, 0.05) is 11.3 Å². The number of esters is 1. The second-order valence-corrected chi connectivity index (χ2v) is 4.53. The summed E-state index contributed by atoms with van der Waals surface area (Å²) in [6.07, 6.45) is 0.544. The minimum atomic E-state index is -0.392. The molecule has 3 rings (SSSR count). The van der Waals surface area contributed by atoms with Gasteiger partial charge in [-0.05, 0) is 24.1 Å². The zero-order valence-electron chi connectivity index (χ0n) is 10.7. The van der Waals surface area contributed by atoms with Crippen molar-refractivity contribution in [2.75, 3.05) is 5.32 Å². The van der Waals surface area contributed by atoms with Crippen molar-refractivity contribution < 1.29 is 9.53 Å². The summed E-state index contributed by atoms with van der Waals surface area (Å²) in [4.78, 5) is 11.8. The zero-order valence-corrected chi connectivity index (χ0v) is 10.7. The first-order chi connectivity index (χ1) is 9.29. The first-order valence-electron chi connectivity index (χ1n) is 6.44. The molecule has 1 atom stereocenters. The molecule has 1 heterocycles. The van der Waals surface area contributed by atoms with E-state index in [0.29, 0.717) is 5.56 Å². The van der Waals surface area contributed by atoms with Crippen LogP contribution < -0.4 is 5.32 Å². The molecule has 0 radical (unpaired) electrons. The highest BCUT2D eigenvalue weighted by molar-refractivity contribution is 5.94. The van der Waals surface area contributed by atoms with Crippen LogP contribution in [0, 0.1) is 0 Å². The summed E-state index contributed by atoms with van der Waals surface area (Å²) in [6, 6.07) is 15.6. The molecular formula is C16H15NO2. The number of carbonyl (C=O) groups excluding carboxylic acids is 1. The maximum atomic E-state index is 11.8. The van der Waals surface area contributed by atoms with Gasteiger partial charge in [-0.1, -0.05) is 43.3 Å². The molecule has 0 bridgehead atoms. The van der Waals surface area contributed by atoms with Crippen LogP contribution in [0.3, 0.4) is 0 Å². The topological polar surface area (TPSA) is 38.3 Å². The van der Waals surface area contributed by atoms with Gasteiger partial charge in [0.25, 0.3) is 0 Å². The highest BCUT2D eigenvalue weighted by atomic mass is 16.6. The van der Waals surface area contributed by atoms with Gasteiger partial charge in [0.1, 0.15) is 0 Å². The summed E-state index contributed by atoms with van der Waals surface area (Å²) in [7, 11) is 0. The fourth-order valence-corrected chi connectivity index (χ4v) is 2.36. The predicted octanol–water partition coefficient (Wildman–Crippen LogP) is 3.53. The van der Waals surface area contributed by atoms with Gasteiger partial charge in [0.15, 0.2) is 0 Å². The average molecular weight is 253 g/mol. The number of cyclic esters (lactones) is 1. The molecule has 96 valence electrons. The minimum absolute atomic E-state index is 0.262. The second kappa shape index (κ2) is 4.76. The highest BCUT2D eigenvalue weighted by Crippen LogP contribution is 2.32. The molecule has 1 aliphatic rings. The fourth-order valence-electron chi connectivity index (χ4n) is 2.36. The zero-order chi connectivity index (χ0) is 13.2. The second-order valence-electron chi connectivity index (χ2n) is 4.53. The third-order valence-corrected chi connectivity index (χ3v) is 3.37. The largest absolute Gasteiger partial charge is 0.434 e. The molecule has 3 nitrogen and oxygen atoms in total. The smallest absolute Gasteiger partial charge is 0.340 e. The van der Waals surface area contributed by atoms with Crippen molar-refractivity contribution in [1.29, 1.82) is 0 Å². The number of fused-ring (bicyclic) bond motifs is 1. The lowest BCUT2D eigenvalue weighted by atomic mass is 10.1. The standard InChI is InChI=1S/C16H15NO2/c1-2-11-7-3-6-10-14(11)17-15-12-8-4-5-9-13(12)16(18)19-15/h3-10,15,17H,2H2,1H3/t15-/m0/s1. The van der Waals surface area contributed by atoms with E-state index in [4.69, 9.17) is 4.74 Å². The van der Waals surface area contributed by atoms with E-state index in [0.717, 1.165) is 17.7 Å². The maximum Gasteiger partial charge on any atom is 0.340 e. The SMILES string of the molecule is CCc1ccccc1N[C@H]1OC(=O)c2ccccc21. The number of hydrogen-bond donors (Lipinski definition) is 1. The normalized spacial score (nSPS) is 16.9. The van der Waals surface area contributed by atoms with Crippen LogP contribution in [0.4, 0.5) is 5.69 Å². The molecule has 0 aliphatic carbocycles. The van der Waals surface area contributed by atoms with E-state index in [9.17, 15) is 4.79 Å². The Labute approximate surface area is 112 Å². The number of nitrogens with one attached hydrogen (secondary N) is 1. The lowest BCUT2D eigenvalue weighted by Crippen LogP contribution is -2.11. The third-order valence-electron chi connectivity index (χ3n) is 3.37. The Morgan fingerprint density at radius 3 is 2.68 bits per heavy atom. The third kappa shape index (κ3) is 2.08. The van der Waals surface area contributed by atoms with Crippen LogP contribution in [0.5, 0.6) is 0 Å². The minimum Gasteiger partial charge on any atom is -0.434 e. The number of carbonyl (C=O) groups is 1. The number of anilines is 1. The van der Waals surface area contributed by atoms with E-state index in [-0.39, 0.29) is 5.97 Å². The number of aryl methyl sites for hydroxylation is 1. The van der Waals surface area contributed by atoms with E-state index < -0.39 is 6.23 Å². The van der Waals surface area contributed by atoms with Crippen LogP contribution in [0.15, 0.2) is 48.5 Å². The molecule has 0 amide bonds. The number of benzene rings is 2. The Morgan fingerprint density at radius 1 is 1.11 bits per heavy atom. The van der Waals surface area contributed by atoms with Crippen LogP contribution >= 0.6 is 0 Å². The molecule has 19 heavy (non-hydrogen) atoms. The van der Waals surface area contributed by atoms with Gasteiger partial charge in [-0.3, -0.25) is 0 Å². The van der Waals surface area contributed by atoms with Gasteiger partial charge in [-0.15, -0.1) is 0 Å². The van der Waals surface area contributed by atoms with Gasteiger partial charge in [0.2, 0.25) is 6.23 Å². The molecule has 2 aromatic carbocycles. The summed E-state index contributed by atoms with van der Waals surface area (Å²) >= 11 is 0. The fraction of sp³-hybridized carbons (Fsp3) is 0.188. The molecule has 3 heteroatoms. The van der Waals surface area contributed by atoms with Crippen LogP contribution in [0.25, 0.3) is 0 Å². The quantitative estimate of drug-likeness (QED) is 0.850. The Kier molecular flexibility index (Phi) is 2.95. The molecular weight excluding hydrogens is 238 g/mol. The van der Waals surface area contributed by atoms with Gasteiger partial charge in [-0.25, -0.2) is 4.79 Å². The van der Waals surface area contributed by atoms with Crippen molar-refractivity contribution in [3.8, 4) is 0 Å².